The summed E-state index contributed by atoms with van der Waals surface area (Å²) in [7, 11) is 0. The lowest BCUT2D eigenvalue weighted by molar-refractivity contribution is 0.155. The summed E-state index contributed by atoms with van der Waals surface area (Å²) in [6, 6.07) is 17.8. The Labute approximate surface area is 122 Å². The molecule has 20 heavy (non-hydrogen) atoms. The number of benzene rings is 2. The SMILES string of the molecule is CSc1nc2ccccc2n1CC(O)c1ccccc1. The van der Waals surface area contributed by atoms with Crippen molar-refractivity contribution in [3.8, 4) is 0 Å². The van der Waals surface area contributed by atoms with Gasteiger partial charge < -0.3 is 9.67 Å². The maximum absolute atomic E-state index is 10.4. The second-order valence-electron chi connectivity index (χ2n) is 4.62. The molecule has 0 saturated carbocycles. The van der Waals surface area contributed by atoms with Crippen molar-refractivity contribution in [2.45, 2.75) is 17.8 Å². The monoisotopic (exact) mass is 284 g/mol. The first-order valence-electron chi connectivity index (χ1n) is 6.52. The number of fused-ring (bicyclic) bond motifs is 1. The lowest BCUT2D eigenvalue weighted by Gasteiger charge is -2.14. The number of hydrogen-bond donors (Lipinski definition) is 1. The molecule has 0 saturated heterocycles. The van der Waals surface area contributed by atoms with E-state index in [1.54, 1.807) is 11.8 Å². The summed E-state index contributed by atoms with van der Waals surface area (Å²) >= 11 is 1.60. The summed E-state index contributed by atoms with van der Waals surface area (Å²) < 4.78 is 2.08. The molecule has 0 aliphatic carbocycles. The Balaban J connectivity index is 1.98. The zero-order chi connectivity index (χ0) is 13.9. The molecule has 0 bridgehead atoms. The van der Waals surface area contributed by atoms with Gasteiger partial charge in [0, 0.05) is 0 Å². The molecule has 1 unspecified atom stereocenters. The van der Waals surface area contributed by atoms with E-state index >= 15 is 0 Å². The molecule has 1 aromatic heterocycles. The summed E-state index contributed by atoms with van der Waals surface area (Å²) in [6.07, 6.45) is 1.48. The van der Waals surface area contributed by atoms with Crippen molar-refractivity contribution in [3.05, 3.63) is 60.2 Å². The Kier molecular flexibility index (Phi) is 3.76. The molecule has 2 aromatic carbocycles. The smallest absolute Gasteiger partial charge is 0.168 e. The van der Waals surface area contributed by atoms with Gasteiger partial charge in [0.2, 0.25) is 0 Å². The highest BCUT2D eigenvalue weighted by molar-refractivity contribution is 7.98. The highest BCUT2D eigenvalue weighted by Gasteiger charge is 2.14. The van der Waals surface area contributed by atoms with Crippen molar-refractivity contribution in [2.75, 3.05) is 6.26 Å². The van der Waals surface area contributed by atoms with Crippen LogP contribution in [0.15, 0.2) is 59.8 Å². The molecular formula is C16H16N2OS. The molecule has 0 aliphatic heterocycles. The van der Waals surface area contributed by atoms with E-state index in [-0.39, 0.29) is 0 Å². The third kappa shape index (κ3) is 2.44. The Hall–Kier alpha value is -1.78. The molecule has 1 N–H and O–H groups in total. The number of imidazole rings is 1. The predicted octanol–water partition coefficient (Wildman–Crippen LogP) is 3.49. The van der Waals surface area contributed by atoms with Crippen LogP contribution in [0.5, 0.6) is 0 Å². The summed E-state index contributed by atoms with van der Waals surface area (Å²) in [4.78, 5) is 4.59. The topological polar surface area (TPSA) is 38.0 Å². The van der Waals surface area contributed by atoms with Crippen molar-refractivity contribution < 1.29 is 5.11 Å². The fraction of sp³-hybridized carbons (Fsp3) is 0.188. The summed E-state index contributed by atoms with van der Waals surface area (Å²) in [5.41, 5.74) is 2.96. The number of hydrogen-bond acceptors (Lipinski definition) is 3. The van der Waals surface area contributed by atoms with Crippen LogP contribution in [0.25, 0.3) is 11.0 Å². The van der Waals surface area contributed by atoms with Gasteiger partial charge in [-0.05, 0) is 24.0 Å². The van der Waals surface area contributed by atoms with E-state index in [0.29, 0.717) is 6.54 Å². The van der Waals surface area contributed by atoms with Crippen LogP contribution in [0.1, 0.15) is 11.7 Å². The first-order valence-corrected chi connectivity index (χ1v) is 7.74. The summed E-state index contributed by atoms with van der Waals surface area (Å²) in [6.45, 7) is 0.515. The van der Waals surface area contributed by atoms with Gasteiger partial charge in [-0.25, -0.2) is 4.98 Å². The number of aromatic nitrogens is 2. The zero-order valence-corrected chi connectivity index (χ0v) is 12.0. The van der Waals surface area contributed by atoms with Crippen molar-refractivity contribution in [2.24, 2.45) is 0 Å². The van der Waals surface area contributed by atoms with Crippen LogP contribution < -0.4 is 0 Å². The second-order valence-corrected chi connectivity index (χ2v) is 5.40. The van der Waals surface area contributed by atoms with Crippen molar-refractivity contribution in [1.82, 2.24) is 9.55 Å². The molecule has 0 aliphatic rings. The van der Waals surface area contributed by atoms with Gasteiger partial charge in [-0.15, -0.1) is 0 Å². The molecule has 1 heterocycles. The third-order valence-electron chi connectivity index (χ3n) is 3.34. The highest BCUT2D eigenvalue weighted by atomic mass is 32.2. The Morgan fingerprint density at radius 1 is 1.10 bits per heavy atom. The lowest BCUT2D eigenvalue weighted by atomic mass is 10.1. The van der Waals surface area contributed by atoms with E-state index in [1.807, 2.05) is 60.9 Å². The molecule has 3 aromatic rings. The van der Waals surface area contributed by atoms with Crippen LogP contribution in [0.4, 0.5) is 0 Å². The molecule has 3 nitrogen and oxygen atoms in total. The van der Waals surface area contributed by atoms with E-state index in [9.17, 15) is 5.11 Å². The van der Waals surface area contributed by atoms with E-state index in [0.717, 1.165) is 21.8 Å². The van der Waals surface area contributed by atoms with Gasteiger partial charge in [0.25, 0.3) is 0 Å². The zero-order valence-electron chi connectivity index (χ0n) is 11.2. The second kappa shape index (κ2) is 5.69. The van der Waals surface area contributed by atoms with Crippen LogP contribution in [-0.4, -0.2) is 20.9 Å². The molecular weight excluding hydrogens is 268 g/mol. The van der Waals surface area contributed by atoms with E-state index in [4.69, 9.17) is 0 Å². The molecule has 0 radical (unpaired) electrons. The summed E-state index contributed by atoms with van der Waals surface area (Å²) in [5, 5.41) is 11.3. The van der Waals surface area contributed by atoms with Crippen LogP contribution in [0, 0.1) is 0 Å². The van der Waals surface area contributed by atoms with Gasteiger partial charge >= 0.3 is 0 Å². The number of aliphatic hydroxyl groups excluding tert-OH is 1. The maximum Gasteiger partial charge on any atom is 0.168 e. The van der Waals surface area contributed by atoms with Crippen molar-refractivity contribution in [3.63, 3.8) is 0 Å². The number of aliphatic hydroxyl groups is 1. The minimum Gasteiger partial charge on any atom is -0.387 e. The van der Waals surface area contributed by atoms with Crippen molar-refractivity contribution >= 4 is 22.8 Å². The van der Waals surface area contributed by atoms with Crippen LogP contribution in [-0.2, 0) is 6.54 Å². The van der Waals surface area contributed by atoms with Gasteiger partial charge in [-0.3, -0.25) is 0 Å². The Morgan fingerprint density at radius 3 is 2.55 bits per heavy atom. The fourth-order valence-corrected chi connectivity index (χ4v) is 2.92. The molecule has 3 rings (SSSR count). The number of rotatable bonds is 4. The first-order chi connectivity index (χ1) is 9.79. The van der Waals surface area contributed by atoms with Gasteiger partial charge in [0.1, 0.15) is 0 Å². The normalized spacial score (nSPS) is 12.7. The average molecular weight is 284 g/mol. The minimum absolute atomic E-state index is 0.515. The highest BCUT2D eigenvalue weighted by Crippen LogP contribution is 2.25. The number of thioether (sulfide) groups is 1. The van der Waals surface area contributed by atoms with E-state index in [2.05, 4.69) is 9.55 Å². The fourth-order valence-electron chi connectivity index (χ4n) is 2.34. The standard InChI is InChI=1S/C16H16N2OS/c1-20-16-17-13-9-5-6-10-14(13)18(16)11-15(19)12-7-3-2-4-8-12/h2-10,15,19H,11H2,1H3. The molecule has 1 atom stereocenters. The Bertz CT molecular complexity index is 709. The molecule has 4 heteroatoms. The maximum atomic E-state index is 10.4. The largest absolute Gasteiger partial charge is 0.387 e. The lowest BCUT2D eigenvalue weighted by Crippen LogP contribution is -2.09. The van der Waals surface area contributed by atoms with Gasteiger partial charge in [0.05, 0.1) is 23.7 Å². The van der Waals surface area contributed by atoms with Crippen LogP contribution >= 0.6 is 11.8 Å². The molecule has 0 amide bonds. The van der Waals surface area contributed by atoms with Gasteiger partial charge in [0.15, 0.2) is 5.16 Å². The minimum atomic E-state index is -0.528. The predicted molar refractivity (Wildman–Crippen MR) is 82.9 cm³/mol. The molecule has 0 spiro atoms. The van der Waals surface area contributed by atoms with E-state index < -0.39 is 6.10 Å². The Morgan fingerprint density at radius 2 is 1.80 bits per heavy atom. The summed E-state index contributed by atoms with van der Waals surface area (Å²) in [5.74, 6) is 0. The van der Waals surface area contributed by atoms with Crippen LogP contribution in [0.3, 0.4) is 0 Å². The third-order valence-corrected chi connectivity index (χ3v) is 4.02. The number of para-hydroxylation sites is 2. The quantitative estimate of drug-likeness (QED) is 0.745. The molecule has 0 fully saturated rings. The van der Waals surface area contributed by atoms with E-state index in [1.165, 1.54) is 0 Å². The number of nitrogens with zero attached hydrogens (tertiary/aromatic N) is 2. The van der Waals surface area contributed by atoms with Crippen molar-refractivity contribution in [1.29, 1.82) is 0 Å². The first kappa shape index (κ1) is 13.2. The average Bonchev–Trinajstić information content (AvgIpc) is 2.86. The molecule has 102 valence electrons. The van der Waals surface area contributed by atoms with Gasteiger partial charge in [-0.1, -0.05) is 54.2 Å². The van der Waals surface area contributed by atoms with Gasteiger partial charge in [-0.2, -0.15) is 0 Å². The van der Waals surface area contributed by atoms with Crippen LogP contribution in [0.2, 0.25) is 0 Å².